The molecule has 4 rings (SSSR count). The number of aryl methyl sites for hydroxylation is 1. The minimum Gasteiger partial charge on any atom is -0.462 e. The Kier molecular flexibility index (Phi) is 1.50. The van der Waals surface area contributed by atoms with Crippen LogP contribution in [0.3, 0.4) is 0 Å². The molecule has 3 nitrogen and oxygen atoms in total. The Bertz CT molecular complexity index is 854. The molecule has 1 aromatic carbocycles. The summed E-state index contributed by atoms with van der Waals surface area (Å²) in [5, 5.41) is 3.49. The number of hydrogen-bond donors (Lipinski definition) is 0. The van der Waals surface area contributed by atoms with Crippen LogP contribution in [-0.4, -0.2) is 9.55 Å². The predicted molar refractivity (Wildman–Crippen MR) is 68.0 cm³/mol. The molecule has 0 saturated carbocycles. The maximum absolute atomic E-state index is 5.59. The largest absolute Gasteiger partial charge is 0.462 e. The highest BCUT2D eigenvalue weighted by Crippen LogP contribution is 2.32. The molecule has 0 radical (unpaired) electrons. The fraction of sp³-hybridized carbons (Fsp3) is 0.0714. The Labute approximate surface area is 97.3 Å². The van der Waals surface area contributed by atoms with E-state index in [-0.39, 0.29) is 0 Å². The lowest BCUT2D eigenvalue weighted by Gasteiger charge is -1.97. The number of hydrogen-bond acceptors (Lipinski definition) is 2. The number of benzene rings is 1. The molecule has 0 fully saturated rings. The Hall–Kier alpha value is -2.29. The molecular formula is C14H10N2O. The summed E-state index contributed by atoms with van der Waals surface area (Å²) in [6.45, 7) is 0. The summed E-state index contributed by atoms with van der Waals surface area (Å²) in [5.74, 6) is 0. The molecule has 4 aromatic rings. The maximum atomic E-state index is 5.59. The van der Waals surface area contributed by atoms with Crippen LogP contribution < -0.4 is 0 Å². The number of fused-ring (bicyclic) bond motifs is 5. The molecule has 0 spiro atoms. The van der Waals surface area contributed by atoms with E-state index in [2.05, 4.69) is 27.8 Å². The van der Waals surface area contributed by atoms with Crippen molar-refractivity contribution in [3.05, 3.63) is 42.8 Å². The van der Waals surface area contributed by atoms with Crippen LogP contribution in [0, 0.1) is 0 Å². The highest BCUT2D eigenvalue weighted by Gasteiger charge is 2.12. The number of nitrogens with zero attached hydrogens (tertiary/aromatic N) is 2. The smallest absolute Gasteiger partial charge is 0.158 e. The van der Waals surface area contributed by atoms with Crippen LogP contribution in [0.4, 0.5) is 0 Å². The Morgan fingerprint density at radius 1 is 1.12 bits per heavy atom. The van der Waals surface area contributed by atoms with Gasteiger partial charge in [0.15, 0.2) is 5.58 Å². The first-order valence-electron chi connectivity index (χ1n) is 5.55. The van der Waals surface area contributed by atoms with Crippen molar-refractivity contribution in [1.29, 1.82) is 0 Å². The van der Waals surface area contributed by atoms with Crippen LogP contribution in [0.1, 0.15) is 0 Å². The lowest BCUT2D eigenvalue weighted by atomic mass is 10.1. The molecule has 82 valence electrons. The second kappa shape index (κ2) is 2.88. The molecule has 0 aliphatic rings. The SMILES string of the molecule is Cn1c2ncccc2c2ccc3ccoc3c21. The van der Waals surface area contributed by atoms with Crippen LogP contribution in [-0.2, 0) is 7.05 Å². The van der Waals surface area contributed by atoms with E-state index in [1.165, 1.54) is 10.8 Å². The third-order valence-electron chi connectivity index (χ3n) is 3.33. The fourth-order valence-electron chi connectivity index (χ4n) is 2.55. The van der Waals surface area contributed by atoms with Crippen molar-refractivity contribution in [2.24, 2.45) is 7.05 Å². The Balaban J connectivity index is 2.43. The zero-order valence-corrected chi connectivity index (χ0v) is 9.34. The molecule has 0 aliphatic carbocycles. The summed E-state index contributed by atoms with van der Waals surface area (Å²) < 4.78 is 7.69. The Morgan fingerprint density at radius 2 is 2.06 bits per heavy atom. The second-order valence-corrected chi connectivity index (χ2v) is 4.23. The summed E-state index contributed by atoms with van der Waals surface area (Å²) in [5.41, 5.74) is 3.04. The number of furan rings is 1. The normalized spacial score (nSPS) is 11.8. The zero-order chi connectivity index (χ0) is 11.4. The highest BCUT2D eigenvalue weighted by atomic mass is 16.3. The summed E-state index contributed by atoms with van der Waals surface area (Å²) in [4.78, 5) is 4.43. The molecule has 3 heterocycles. The first kappa shape index (κ1) is 8.82. The van der Waals surface area contributed by atoms with E-state index in [1.54, 1.807) is 6.26 Å². The van der Waals surface area contributed by atoms with Gasteiger partial charge in [-0.1, -0.05) is 12.1 Å². The summed E-state index contributed by atoms with van der Waals surface area (Å²) in [7, 11) is 2.03. The third-order valence-corrected chi connectivity index (χ3v) is 3.33. The molecule has 3 heteroatoms. The number of pyridine rings is 1. The van der Waals surface area contributed by atoms with Crippen molar-refractivity contribution in [1.82, 2.24) is 9.55 Å². The van der Waals surface area contributed by atoms with Gasteiger partial charge < -0.3 is 8.98 Å². The van der Waals surface area contributed by atoms with Crippen molar-refractivity contribution in [2.45, 2.75) is 0 Å². The second-order valence-electron chi connectivity index (χ2n) is 4.23. The zero-order valence-electron chi connectivity index (χ0n) is 9.34. The summed E-state index contributed by atoms with van der Waals surface area (Å²) >= 11 is 0. The Morgan fingerprint density at radius 3 is 3.00 bits per heavy atom. The van der Waals surface area contributed by atoms with Gasteiger partial charge in [-0.3, -0.25) is 0 Å². The van der Waals surface area contributed by atoms with Crippen molar-refractivity contribution < 1.29 is 4.42 Å². The maximum Gasteiger partial charge on any atom is 0.158 e. The molecule has 0 unspecified atom stereocenters. The lowest BCUT2D eigenvalue weighted by molar-refractivity contribution is 0.617. The van der Waals surface area contributed by atoms with Crippen LogP contribution in [0.2, 0.25) is 0 Å². The highest BCUT2D eigenvalue weighted by molar-refractivity contribution is 6.15. The molecule has 0 amide bonds. The molecule has 0 N–H and O–H groups in total. The minimum absolute atomic E-state index is 0.933. The number of rotatable bonds is 0. The lowest BCUT2D eigenvalue weighted by Crippen LogP contribution is -1.88. The monoisotopic (exact) mass is 222 g/mol. The van der Waals surface area contributed by atoms with E-state index in [1.807, 2.05) is 25.4 Å². The number of aromatic nitrogens is 2. The van der Waals surface area contributed by atoms with Gasteiger partial charge in [0.25, 0.3) is 0 Å². The summed E-state index contributed by atoms with van der Waals surface area (Å²) in [6.07, 6.45) is 3.55. The van der Waals surface area contributed by atoms with E-state index in [0.29, 0.717) is 0 Å². The van der Waals surface area contributed by atoms with Crippen molar-refractivity contribution >= 4 is 32.9 Å². The van der Waals surface area contributed by atoms with E-state index in [9.17, 15) is 0 Å². The third kappa shape index (κ3) is 0.984. The molecule has 17 heavy (non-hydrogen) atoms. The van der Waals surface area contributed by atoms with Crippen molar-refractivity contribution in [3.8, 4) is 0 Å². The first-order chi connectivity index (χ1) is 8.36. The molecule has 0 saturated heterocycles. The van der Waals surface area contributed by atoms with Crippen molar-refractivity contribution in [3.63, 3.8) is 0 Å². The fourth-order valence-corrected chi connectivity index (χ4v) is 2.55. The summed E-state index contributed by atoms with van der Waals surface area (Å²) in [6, 6.07) is 10.3. The van der Waals surface area contributed by atoms with Gasteiger partial charge in [0.1, 0.15) is 5.65 Å². The van der Waals surface area contributed by atoms with E-state index in [4.69, 9.17) is 4.42 Å². The average Bonchev–Trinajstić information content (AvgIpc) is 2.93. The van der Waals surface area contributed by atoms with Crippen LogP contribution in [0.15, 0.2) is 47.2 Å². The van der Waals surface area contributed by atoms with Crippen LogP contribution in [0.25, 0.3) is 32.9 Å². The molecule has 3 aromatic heterocycles. The van der Waals surface area contributed by atoms with Crippen molar-refractivity contribution in [2.75, 3.05) is 0 Å². The van der Waals surface area contributed by atoms with Crippen LogP contribution >= 0.6 is 0 Å². The van der Waals surface area contributed by atoms with Crippen LogP contribution in [0.5, 0.6) is 0 Å². The van der Waals surface area contributed by atoms with Gasteiger partial charge in [-0.2, -0.15) is 0 Å². The molecular weight excluding hydrogens is 212 g/mol. The topological polar surface area (TPSA) is 31.0 Å². The van der Waals surface area contributed by atoms with Gasteiger partial charge in [0, 0.05) is 29.4 Å². The first-order valence-corrected chi connectivity index (χ1v) is 5.55. The van der Waals surface area contributed by atoms with Gasteiger partial charge >= 0.3 is 0 Å². The van der Waals surface area contributed by atoms with Gasteiger partial charge in [0.05, 0.1) is 11.8 Å². The molecule has 0 atom stereocenters. The quantitative estimate of drug-likeness (QED) is 0.456. The standard InChI is InChI=1S/C14H10N2O/c1-16-12-10(11-3-2-7-15-14(11)16)5-4-9-6-8-17-13(9)12/h2-8H,1H3. The molecule has 0 bridgehead atoms. The van der Waals surface area contributed by atoms with E-state index in [0.717, 1.165) is 22.1 Å². The average molecular weight is 222 g/mol. The van der Waals surface area contributed by atoms with Gasteiger partial charge in [-0.05, 0) is 18.2 Å². The van der Waals surface area contributed by atoms with E-state index >= 15 is 0 Å². The minimum atomic E-state index is 0.933. The predicted octanol–water partition coefficient (Wildman–Crippen LogP) is 3.47. The van der Waals surface area contributed by atoms with Gasteiger partial charge in [-0.25, -0.2) is 4.98 Å². The van der Waals surface area contributed by atoms with Gasteiger partial charge in [-0.15, -0.1) is 0 Å². The van der Waals surface area contributed by atoms with Gasteiger partial charge in [0.2, 0.25) is 0 Å². The van der Waals surface area contributed by atoms with E-state index < -0.39 is 0 Å². The molecule has 0 aliphatic heterocycles.